The van der Waals surface area contributed by atoms with Gasteiger partial charge in [0.25, 0.3) is 0 Å². The SMILES string of the molecule is C=C/C(=C\C=C/C)COC(=O)C[C@@H](N)c1ccc(Cl)cc1. The molecule has 0 radical (unpaired) electrons. The van der Waals surface area contributed by atoms with Gasteiger partial charge in [-0.05, 0) is 30.2 Å². The first-order chi connectivity index (χ1) is 10.1. The number of halogens is 1. The summed E-state index contributed by atoms with van der Waals surface area (Å²) in [5, 5.41) is 0.637. The zero-order chi connectivity index (χ0) is 15.7. The van der Waals surface area contributed by atoms with Crippen LogP contribution >= 0.6 is 11.6 Å². The Morgan fingerprint density at radius 3 is 2.67 bits per heavy atom. The Balaban J connectivity index is 2.49. The minimum Gasteiger partial charge on any atom is -0.461 e. The second kappa shape index (κ2) is 9.16. The number of esters is 1. The van der Waals surface area contributed by atoms with Gasteiger partial charge in [0.05, 0.1) is 6.42 Å². The number of ether oxygens (including phenoxy) is 1. The van der Waals surface area contributed by atoms with Crippen LogP contribution in [0.4, 0.5) is 0 Å². The van der Waals surface area contributed by atoms with E-state index < -0.39 is 6.04 Å². The molecule has 1 atom stereocenters. The molecule has 0 bridgehead atoms. The van der Waals surface area contributed by atoms with Gasteiger partial charge in [-0.15, -0.1) is 0 Å². The van der Waals surface area contributed by atoms with Crippen molar-refractivity contribution in [3.8, 4) is 0 Å². The van der Waals surface area contributed by atoms with Crippen molar-refractivity contribution < 1.29 is 9.53 Å². The van der Waals surface area contributed by atoms with E-state index in [2.05, 4.69) is 6.58 Å². The molecular formula is C17H20ClNO2. The maximum Gasteiger partial charge on any atom is 0.308 e. The van der Waals surface area contributed by atoms with Gasteiger partial charge in [0, 0.05) is 11.1 Å². The summed E-state index contributed by atoms with van der Waals surface area (Å²) in [6.07, 6.45) is 7.38. The van der Waals surface area contributed by atoms with Crippen molar-refractivity contribution in [1.82, 2.24) is 0 Å². The van der Waals surface area contributed by atoms with E-state index in [9.17, 15) is 4.79 Å². The van der Waals surface area contributed by atoms with Gasteiger partial charge < -0.3 is 10.5 Å². The summed E-state index contributed by atoms with van der Waals surface area (Å²) in [7, 11) is 0. The van der Waals surface area contributed by atoms with Gasteiger partial charge in [-0.1, -0.05) is 54.6 Å². The van der Waals surface area contributed by atoms with E-state index >= 15 is 0 Å². The van der Waals surface area contributed by atoms with Crippen molar-refractivity contribution in [3.05, 3.63) is 71.3 Å². The van der Waals surface area contributed by atoms with E-state index in [4.69, 9.17) is 22.1 Å². The van der Waals surface area contributed by atoms with Crippen LogP contribution in [0.5, 0.6) is 0 Å². The van der Waals surface area contributed by atoms with Gasteiger partial charge in [0.2, 0.25) is 0 Å². The molecule has 112 valence electrons. The molecule has 21 heavy (non-hydrogen) atoms. The Bertz CT molecular complexity index is 532. The molecule has 0 aliphatic rings. The number of carbonyl (C=O) groups excluding carboxylic acids is 1. The Labute approximate surface area is 130 Å². The largest absolute Gasteiger partial charge is 0.461 e. The van der Waals surface area contributed by atoms with Crippen molar-refractivity contribution in [2.75, 3.05) is 6.61 Å². The van der Waals surface area contributed by atoms with E-state index in [1.165, 1.54) is 0 Å². The lowest BCUT2D eigenvalue weighted by atomic mass is 10.1. The van der Waals surface area contributed by atoms with E-state index in [0.29, 0.717) is 5.02 Å². The molecule has 3 nitrogen and oxygen atoms in total. The lowest BCUT2D eigenvalue weighted by molar-refractivity contribution is -0.143. The average Bonchev–Trinajstić information content (AvgIpc) is 2.48. The first-order valence-corrected chi connectivity index (χ1v) is 7.05. The molecule has 1 aromatic carbocycles. The number of hydrogen-bond acceptors (Lipinski definition) is 3. The molecule has 0 amide bonds. The molecule has 0 saturated carbocycles. The lowest BCUT2D eigenvalue weighted by Crippen LogP contribution is -2.17. The third-order valence-corrected chi connectivity index (χ3v) is 3.10. The van der Waals surface area contributed by atoms with Crippen LogP contribution in [0.25, 0.3) is 0 Å². The third-order valence-electron chi connectivity index (χ3n) is 2.85. The van der Waals surface area contributed by atoms with Crippen LogP contribution in [-0.2, 0) is 9.53 Å². The Morgan fingerprint density at radius 1 is 1.43 bits per heavy atom. The molecule has 0 unspecified atom stereocenters. The third kappa shape index (κ3) is 6.43. The van der Waals surface area contributed by atoms with Gasteiger partial charge in [0.1, 0.15) is 6.61 Å². The molecule has 4 heteroatoms. The van der Waals surface area contributed by atoms with E-state index in [-0.39, 0.29) is 19.0 Å². The standard InChI is InChI=1S/C17H20ClNO2/c1-3-5-6-13(4-2)12-21-17(20)11-16(19)14-7-9-15(18)10-8-14/h3-10,16H,2,11-12,19H2,1H3/b5-3-,13-6+/t16-/m1/s1. The zero-order valence-corrected chi connectivity index (χ0v) is 12.8. The highest BCUT2D eigenvalue weighted by atomic mass is 35.5. The molecule has 0 aromatic heterocycles. The quantitative estimate of drug-likeness (QED) is 0.613. The first-order valence-electron chi connectivity index (χ1n) is 6.67. The molecule has 0 spiro atoms. The van der Waals surface area contributed by atoms with Crippen LogP contribution in [0.2, 0.25) is 5.02 Å². The number of hydrogen-bond donors (Lipinski definition) is 1. The van der Waals surface area contributed by atoms with Gasteiger partial charge in [-0.3, -0.25) is 4.79 Å². The number of carbonyl (C=O) groups is 1. The summed E-state index contributed by atoms with van der Waals surface area (Å²) in [5.74, 6) is -0.342. The lowest BCUT2D eigenvalue weighted by Gasteiger charge is -2.12. The summed E-state index contributed by atoms with van der Waals surface area (Å²) in [6, 6.07) is 6.71. The minimum absolute atomic E-state index is 0.121. The number of rotatable bonds is 7. The molecule has 0 heterocycles. The zero-order valence-electron chi connectivity index (χ0n) is 12.1. The van der Waals surface area contributed by atoms with Gasteiger partial charge in [0.15, 0.2) is 0 Å². The highest BCUT2D eigenvalue weighted by molar-refractivity contribution is 6.30. The number of allylic oxidation sites excluding steroid dienone is 3. The van der Waals surface area contributed by atoms with Crippen molar-refractivity contribution >= 4 is 17.6 Å². The Kier molecular flexibility index (Phi) is 7.51. The summed E-state index contributed by atoms with van der Waals surface area (Å²) >= 11 is 5.81. The second-order valence-corrected chi connectivity index (χ2v) is 4.93. The molecule has 1 rings (SSSR count). The van der Waals surface area contributed by atoms with Crippen molar-refractivity contribution in [2.24, 2.45) is 5.73 Å². The molecule has 0 aliphatic heterocycles. The normalized spacial score (nSPS) is 13.2. The summed E-state index contributed by atoms with van der Waals surface area (Å²) in [6.45, 7) is 5.78. The Hall–Kier alpha value is -1.84. The van der Waals surface area contributed by atoms with Gasteiger partial charge >= 0.3 is 5.97 Å². The van der Waals surface area contributed by atoms with Crippen molar-refractivity contribution in [2.45, 2.75) is 19.4 Å². The molecule has 0 fully saturated rings. The fraction of sp³-hybridized carbons (Fsp3) is 0.235. The fourth-order valence-corrected chi connectivity index (χ4v) is 1.75. The van der Waals surface area contributed by atoms with Crippen LogP contribution in [0.3, 0.4) is 0 Å². The summed E-state index contributed by atoms with van der Waals surface area (Å²) < 4.78 is 5.19. The first kappa shape index (κ1) is 17.2. The minimum atomic E-state index is -0.401. The predicted octanol–water partition coefficient (Wildman–Crippen LogP) is 3.96. The molecule has 1 aromatic rings. The van der Waals surface area contributed by atoms with Crippen molar-refractivity contribution in [1.29, 1.82) is 0 Å². The number of nitrogens with two attached hydrogens (primary N) is 1. The maximum absolute atomic E-state index is 11.8. The highest BCUT2D eigenvalue weighted by Gasteiger charge is 2.13. The van der Waals surface area contributed by atoms with Crippen LogP contribution in [-0.4, -0.2) is 12.6 Å². The summed E-state index contributed by atoms with van der Waals surface area (Å²) in [5.41, 5.74) is 7.66. The predicted molar refractivity (Wildman–Crippen MR) is 87.1 cm³/mol. The van der Waals surface area contributed by atoms with Crippen LogP contribution in [0.15, 0.2) is 60.7 Å². The number of benzene rings is 1. The monoisotopic (exact) mass is 305 g/mol. The maximum atomic E-state index is 11.8. The van der Waals surface area contributed by atoms with E-state index in [1.807, 2.05) is 25.2 Å². The van der Waals surface area contributed by atoms with Crippen molar-refractivity contribution in [3.63, 3.8) is 0 Å². The average molecular weight is 306 g/mol. The molecule has 0 saturated heterocycles. The topological polar surface area (TPSA) is 52.3 Å². The van der Waals surface area contributed by atoms with Crippen LogP contribution < -0.4 is 5.73 Å². The van der Waals surface area contributed by atoms with Gasteiger partial charge in [-0.25, -0.2) is 0 Å². The van der Waals surface area contributed by atoms with E-state index in [0.717, 1.165) is 11.1 Å². The molecular weight excluding hydrogens is 286 g/mol. The smallest absolute Gasteiger partial charge is 0.308 e. The van der Waals surface area contributed by atoms with E-state index in [1.54, 1.807) is 30.3 Å². The van der Waals surface area contributed by atoms with Crippen LogP contribution in [0, 0.1) is 0 Å². The molecule has 2 N–H and O–H groups in total. The second-order valence-electron chi connectivity index (χ2n) is 4.49. The van der Waals surface area contributed by atoms with Crippen LogP contribution in [0.1, 0.15) is 24.9 Å². The highest BCUT2D eigenvalue weighted by Crippen LogP contribution is 2.17. The Morgan fingerprint density at radius 2 is 2.10 bits per heavy atom. The molecule has 0 aliphatic carbocycles. The van der Waals surface area contributed by atoms with Gasteiger partial charge in [-0.2, -0.15) is 0 Å². The fourth-order valence-electron chi connectivity index (χ4n) is 1.63. The summed E-state index contributed by atoms with van der Waals surface area (Å²) in [4.78, 5) is 11.8.